The minimum Gasteiger partial charge on any atom is -0.307 e. The Labute approximate surface area is 115 Å². The second kappa shape index (κ2) is 4.72. The van der Waals surface area contributed by atoms with Crippen molar-refractivity contribution in [2.24, 2.45) is 0 Å². The average molecular weight is 322 g/mol. The first kappa shape index (κ1) is 15.3. The molecule has 0 aliphatic heterocycles. The lowest BCUT2D eigenvalue weighted by molar-refractivity contribution is -0.138. The molecule has 6 nitrogen and oxygen atoms in total. The number of hydrogen-bond donors (Lipinski definition) is 2. The summed E-state index contributed by atoms with van der Waals surface area (Å²) in [4.78, 5) is 26.6. The summed E-state index contributed by atoms with van der Waals surface area (Å²) in [6.45, 7) is 0. The lowest BCUT2D eigenvalue weighted by atomic mass is 10.1. The fraction of sp³-hybridized carbons (Fsp3) is 0.273. The molecule has 0 aliphatic rings. The maximum absolute atomic E-state index is 13.0. The van der Waals surface area contributed by atoms with Crippen molar-refractivity contribution >= 4 is 20.7 Å². The minimum absolute atomic E-state index is 0.221. The summed E-state index contributed by atoms with van der Waals surface area (Å²) in [6.07, 6.45) is -4.03. The third-order valence-corrected chi connectivity index (χ3v) is 3.52. The lowest BCUT2D eigenvalue weighted by Crippen LogP contribution is -2.23. The van der Waals surface area contributed by atoms with Crippen molar-refractivity contribution in [2.45, 2.75) is 11.9 Å². The maximum atomic E-state index is 13.0. The molecule has 0 fully saturated rings. The molecule has 0 atom stereocenters. The molecule has 0 saturated carbocycles. The van der Waals surface area contributed by atoms with Crippen LogP contribution in [0.25, 0.3) is 10.9 Å². The summed E-state index contributed by atoms with van der Waals surface area (Å²) in [5.41, 5.74) is -3.90. The zero-order chi connectivity index (χ0) is 16.0. The van der Waals surface area contributed by atoms with Gasteiger partial charge < -0.3 is 4.98 Å². The van der Waals surface area contributed by atoms with Gasteiger partial charge in [-0.3, -0.25) is 9.78 Å². The molecule has 2 rings (SSSR count). The smallest absolute Gasteiger partial charge is 0.307 e. The highest BCUT2D eigenvalue weighted by molar-refractivity contribution is 7.89. The molecule has 2 N–H and O–H groups in total. The van der Waals surface area contributed by atoms with Crippen molar-refractivity contribution < 1.29 is 21.6 Å². The van der Waals surface area contributed by atoms with Crippen LogP contribution in [0.15, 0.2) is 21.7 Å². The van der Waals surface area contributed by atoms with E-state index < -0.39 is 44.1 Å². The number of rotatable bonds is 2. The number of aromatic nitrogens is 2. The topological polar surface area (TPSA) is 99.9 Å². The highest BCUT2D eigenvalue weighted by Crippen LogP contribution is 2.34. The summed E-state index contributed by atoms with van der Waals surface area (Å²) in [6, 6.07) is 1.39. The molecule has 0 aliphatic carbocycles. The van der Waals surface area contributed by atoms with E-state index in [1.807, 2.05) is 4.98 Å². The van der Waals surface area contributed by atoms with Crippen LogP contribution < -0.4 is 11.2 Å². The zero-order valence-corrected chi connectivity index (χ0v) is 11.4. The molecule has 1 heterocycles. The second-order valence-electron chi connectivity index (χ2n) is 4.53. The molecule has 0 bridgehead atoms. The Bertz CT molecular complexity index is 925. The van der Waals surface area contributed by atoms with Crippen LogP contribution in [0.2, 0.25) is 0 Å². The van der Waals surface area contributed by atoms with Crippen molar-refractivity contribution in [3.05, 3.63) is 44.1 Å². The van der Waals surface area contributed by atoms with Gasteiger partial charge in [0.05, 0.1) is 22.2 Å². The molecule has 1 aromatic carbocycles. The van der Waals surface area contributed by atoms with E-state index in [1.165, 1.54) is 0 Å². The number of hydrogen-bond acceptors (Lipinski definition) is 4. The number of alkyl halides is 3. The van der Waals surface area contributed by atoms with Gasteiger partial charge in [-0.15, -0.1) is 0 Å². The van der Waals surface area contributed by atoms with E-state index in [4.69, 9.17) is 0 Å². The van der Waals surface area contributed by atoms with Crippen LogP contribution >= 0.6 is 0 Å². The zero-order valence-electron chi connectivity index (χ0n) is 10.5. The number of H-pyrrole nitrogens is 2. The molecule has 21 heavy (non-hydrogen) atoms. The Hall–Kier alpha value is -2.10. The predicted octanol–water partition coefficient (Wildman–Crippen LogP) is 0.780. The molecular formula is C11H9F3N2O4S. The summed E-state index contributed by atoms with van der Waals surface area (Å²) in [5, 5.41) is -0.221. The molecule has 0 radical (unpaired) electrons. The summed E-state index contributed by atoms with van der Waals surface area (Å²) < 4.78 is 61.4. The van der Waals surface area contributed by atoms with E-state index in [0.717, 1.165) is 12.3 Å². The van der Waals surface area contributed by atoms with Crippen LogP contribution in [0, 0.1) is 0 Å². The monoisotopic (exact) mass is 322 g/mol. The lowest BCUT2D eigenvalue weighted by Gasteiger charge is -2.13. The van der Waals surface area contributed by atoms with E-state index in [-0.39, 0.29) is 10.9 Å². The van der Waals surface area contributed by atoms with Gasteiger partial charge in [-0.1, -0.05) is 0 Å². The molecule has 0 amide bonds. The Morgan fingerprint density at radius 2 is 1.76 bits per heavy atom. The molecule has 0 unspecified atom stereocenters. The van der Waals surface area contributed by atoms with Crippen LogP contribution in [0.4, 0.5) is 13.2 Å². The molecular weight excluding hydrogens is 313 g/mol. The third-order valence-electron chi connectivity index (χ3n) is 2.69. The van der Waals surface area contributed by atoms with E-state index in [9.17, 15) is 31.2 Å². The molecule has 1 aromatic heterocycles. The van der Waals surface area contributed by atoms with Gasteiger partial charge in [-0.25, -0.2) is 13.2 Å². The van der Waals surface area contributed by atoms with E-state index in [0.29, 0.717) is 6.07 Å². The van der Waals surface area contributed by atoms with Gasteiger partial charge in [0.25, 0.3) is 5.56 Å². The quantitative estimate of drug-likeness (QED) is 0.853. The largest absolute Gasteiger partial charge is 0.416 e. The average Bonchev–Trinajstić information content (AvgIpc) is 2.25. The maximum Gasteiger partial charge on any atom is 0.416 e. The highest BCUT2D eigenvalue weighted by Gasteiger charge is 2.34. The van der Waals surface area contributed by atoms with Crippen molar-refractivity contribution in [1.29, 1.82) is 0 Å². The summed E-state index contributed by atoms with van der Waals surface area (Å²) >= 11 is 0. The first-order valence-electron chi connectivity index (χ1n) is 5.51. The number of halogens is 3. The van der Waals surface area contributed by atoms with E-state index >= 15 is 0 Å². The van der Waals surface area contributed by atoms with Crippen LogP contribution in [0.5, 0.6) is 0 Å². The Morgan fingerprint density at radius 1 is 1.14 bits per heavy atom. The number of fused-ring (bicyclic) bond motifs is 1. The molecule has 10 heteroatoms. The number of aromatic amines is 2. The fourth-order valence-electron chi connectivity index (χ4n) is 1.93. The first-order valence-corrected chi connectivity index (χ1v) is 7.57. The van der Waals surface area contributed by atoms with Gasteiger partial charge in [-0.2, -0.15) is 13.2 Å². The van der Waals surface area contributed by atoms with Crippen molar-refractivity contribution in [3.63, 3.8) is 0 Å². The number of nitrogens with one attached hydrogen (secondary N) is 2. The van der Waals surface area contributed by atoms with Gasteiger partial charge in [-0.05, 0) is 17.7 Å². The molecule has 0 saturated heterocycles. The Balaban J connectivity index is 2.88. The van der Waals surface area contributed by atoms with Gasteiger partial charge in [0.15, 0.2) is 9.84 Å². The molecule has 114 valence electrons. The SMILES string of the molecule is CS(=O)(=O)Cc1cc2c(=O)[nH]c(=O)[nH]c2cc1C(F)(F)F. The normalized spacial score (nSPS) is 12.8. The Kier molecular flexibility index (Phi) is 3.44. The fourth-order valence-corrected chi connectivity index (χ4v) is 2.73. The van der Waals surface area contributed by atoms with E-state index in [2.05, 4.69) is 4.98 Å². The summed E-state index contributed by atoms with van der Waals surface area (Å²) in [5.74, 6) is -0.865. The summed E-state index contributed by atoms with van der Waals surface area (Å²) in [7, 11) is -3.73. The number of benzene rings is 1. The predicted molar refractivity (Wildman–Crippen MR) is 68.7 cm³/mol. The minimum atomic E-state index is -4.81. The van der Waals surface area contributed by atoms with Crippen molar-refractivity contribution in [3.8, 4) is 0 Å². The van der Waals surface area contributed by atoms with Crippen molar-refractivity contribution in [2.75, 3.05) is 6.26 Å². The van der Waals surface area contributed by atoms with Gasteiger partial charge in [0.1, 0.15) is 0 Å². The van der Waals surface area contributed by atoms with Gasteiger partial charge in [0, 0.05) is 6.26 Å². The first-order chi connectivity index (χ1) is 9.47. The van der Waals surface area contributed by atoms with Crippen LogP contribution in [0.1, 0.15) is 11.1 Å². The van der Waals surface area contributed by atoms with Crippen molar-refractivity contribution in [1.82, 2.24) is 9.97 Å². The second-order valence-corrected chi connectivity index (χ2v) is 6.67. The Morgan fingerprint density at radius 3 is 2.29 bits per heavy atom. The van der Waals surface area contributed by atoms with Gasteiger partial charge in [0.2, 0.25) is 0 Å². The molecule has 0 spiro atoms. The molecule has 2 aromatic rings. The van der Waals surface area contributed by atoms with Crippen LogP contribution in [-0.2, 0) is 21.8 Å². The standard InChI is InChI=1S/C11H9F3N2O4S/c1-21(19,20)4-5-2-6-8(3-7(5)11(12,13)14)15-10(18)16-9(6)17/h2-3H,4H2,1H3,(H2,15,16,17,18). The highest BCUT2D eigenvalue weighted by atomic mass is 32.2. The third kappa shape index (κ3) is 3.32. The van der Waals surface area contributed by atoms with E-state index in [1.54, 1.807) is 0 Å². The van der Waals surface area contributed by atoms with Crippen LogP contribution in [0.3, 0.4) is 0 Å². The number of sulfone groups is 1. The van der Waals surface area contributed by atoms with Gasteiger partial charge >= 0.3 is 11.9 Å². The van der Waals surface area contributed by atoms with Crippen LogP contribution in [-0.4, -0.2) is 24.6 Å².